The third-order valence-electron chi connectivity index (χ3n) is 6.01. The van der Waals surface area contributed by atoms with Gasteiger partial charge in [-0.1, -0.05) is 25.3 Å². The molecule has 26 heavy (non-hydrogen) atoms. The third-order valence-corrected chi connectivity index (χ3v) is 6.01. The molecule has 0 bridgehead atoms. The molecule has 0 unspecified atom stereocenters. The van der Waals surface area contributed by atoms with Crippen molar-refractivity contribution >= 4 is 11.7 Å². The van der Waals surface area contributed by atoms with Crippen molar-refractivity contribution in [1.82, 2.24) is 15.2 Å². The second-order valence-corrected chi connectivity index (χ2v) is 8.03. The molecule has 0 radical (unpaired) electrons. The number of aromatic nitrogens is 1. The Morgan fingerprint density at radius 3 is 2.54 bits per heavy atom. The van der Waals surface area contributed by atoms with E-state index in [0.717, 1.165) is 50.4 Å². The third kappa shape index (κ3) is 4.95. The van der Waals surface area contributed by atoms with Gasteiger partial charge in [0.25, 0.3) is 0 Å². The standard InChI is InChI=1S/C20H33N5O/c1-24-9-11-25(12-10-24)18-6-5-17(14-22-18)15-23-19(26)13-20(16-21)7-3-2-4-8-20/h5-6,14H,2-4,7-13,15-16,21H2,1H3,(H,23,26). The number of hydrogen-bond donors (Lipinski definition) is 2. The van der Waals surface area contributed by atoms with E-state index in [9.17, 15) is 4.79 Å². The molecule has 1 saturated carbocycles. The van der Waals surface area contributed by atoms with Crippen molar-refractivity contribution in [1.29, 1.82) is 0 Å². The molecule has 1 aliphatic carbocycles. The van der Waals surface area contributed by atoms with E-state index < -0.39 is 0 Å². The Bertz CT molecular complexity index is 574. The van der Waals surface area contributed by atoms with Crippen LogP contribution in [0.3, 0.4) is 0 Å². The number of piperazine rings is 1. The molecule has 3 rings (SSSR count). The second-order valence-electron chi connectivity index (χ2n) is 8.03. The molecule has 3 N–H and O–H groups in total. The van der Waals surface area contributed by atoms with Gasteiger partial charge in [0.2, 0.25) is 5.91 Å². The highest BCUT2D eigenvalue weighted by Crippen LogP contribution is 2.38. The van der Waals surface area contributed by atoms with Gasteiger partial charge in [-0.25, -0.2) is 4.98 Å². The summed E-state index contributed by atoms with van der Waals surface area (Å²) in [5, 5.41) is 3.06. The fourth-order valence-electron chi connectivity index (χ4n) is 4.10. The first kappa shape index (κ1) is 19.1. The number of likely N-dealkylation sites (N-methyl/N-ethyl adjacent to an activating group) is 1. The maximum absolute atomic E-state index is 12.4. The number of nitrogens with two attached hydrogens (primary N) is 1. The molecule has 2 fully saturated rings. The minimum atomic E-state index is 0.0197. The van der Waals surface area contributed by atoms with Crippen LogP contribution in [0, 0.1) is 5.41 Å². The summed E-state index contributed by atoms with van der Waals surface area (Å²) < 4.78 is 0. The fraction of sp³-hybridized carbons (Fsp3) is 0.700. The van der Waals surface area contributed by atoms with E-state index in [0.29, 0.717) is 19.5 Å². The maximum atomic E-state index is 12.4. The zero-order chi connectivity index (χ0) is 18.4. The van der Waals surface area contributed by atoms with Gasteiger partial charge in [0.15, 0.2) is 0 Å². The van der Waals surface area contributed by atoms with Crippen LogP contribution in [0.25, 0.3) is 0 Å². The molecular weight excluding hydrogens is 326 g/mol. The Labute approximate surface area is 157 Å². The molecule has 144 valence electrons. The summed E-state index contributed by atoms with van der Waals surface area (Å²) in [4.78, 5) is 21.6. The van der Waals surface area contributed by atoms with Gasteiger partial charge < -0.3 is 20.9 Å². The van der Waals surface area contributed by atoms with Crippen LogP contribution in [0.5, 0.6) is 0 Å². The average Bonchev–Trinajstić information content (AvgIpc) is 2.68. The van der Waals surface area contributed by atoms with E-state index in [2.05, 4.69) is 39.3 Å². The second kappa shape index (κ2) is 8.82. The minimum absolute atomic E-state index is 0.0197. The minimum Gasteiger partial charge on any atom is -0.354 e. The normalized spacial score (nSPS) is 20.8. The quantitative estimate of drug-likeness (QED) is 0.809. The predicted octanol–water partition coefficient (Wildman–Crippen LogP) is 1.75. The van der Waals surface area contributed by atoms with E-state index >= 15 is 0 Å². The lowest BCUT2D eigenvalue weighted by atomic mass is 9.71. The summed E-state index contributed by atoms with van der Waals surface area (Å²) in [5.74, 6) is 1.14. The molecule has 0 aromatic carbocycles. The van der Waals surface area contributed by atoms with Crippen LogP contribution in [-0.4, -0.2) is 55.6 Å². The number of amides is 1. The molecule has 0 spiro atoms. The van der Waals surface area contributed by atoms with Crippen LogP contribution >= 0.6 is 0 Å². The van der Waals surface area contributed by atoms with Crippen molar-refractivity contribution in [2.24, 2.45) is 11.1 Å². The molecule has 1 aromatic heterocycles. The van der Waals surface area contributed by atoms with Gasteiger partial charge in [0, 0.05) is 45.3 Å². The lowest BCUT2D eigenvalue weighted by Gasteiger charge is -2.35. The van der Waals surface area contributed by atoms with E-state index in [1.165, 1.54) is 19.3 Å². The number of rotatable bonds is 6. The zero-order valence-corrected chi connectivity index (χ0v) is 16.0. The van der Waals surface area contributed by atoms with Gasteiger partial charge in [-0.15, -0.1) is 0 Å². The van der Waals surface area contributed by atoms with E-state index in [1.54, 1.807) is 0 Å². The first-order chi connectivity index (χ1) is 12.6. The first-order valence-electron chi connectivity index (χ1n) is 9.95. The topological polar surface area (TPSA) is 74.5 Å². The van der Waals surface area contributed by atoms with E-state index in [-0.39, 0.29) is 11.3 Å². The lowest BCUT2D eigenvalue weighted by Crippen LogP contribution is -2.44. The summed E-state index contributed by atoms with van der Waals surface area (Å²) in [6.45, 7) is 5.32. The number of anilines is 1. The molecule has 1 aliphatic heterocycles. The highest BCUT2D eigenvalue weighted by Gasteiger charge is 2.32. The van der Waals surface area contributed by atoms with E-state index in [1.807, 2.05) is 6.20 Å². The number of hydrogen-bond acceptors (Lipinski definition) is 5. The largest absolute Gasteiger partial charge is 0.354 e. The Morgan fingerprint density at radius 1 is 1.19 bits per heavy atom. The first-order valence-corrected chi connectivity index (χ1v) is 9.95. The molecule has 1 aromatic rings. The number of nitrogens with zero attached hydrogens (tertiary/aromatic N) is 3. The maximum Gasteiger partial charge on any atom is 0.220 e. The smallest absolute Gasteiger partial charge is 0.220 e. The predicted molar refractivity (Wildman–Crippen MR) is 105 cm³/mol. The average molecular weight is 360 g/mol. The molecule has 6 heteroatoms. The van der Waals surface area contributed by atoms with Crippen LogP contribution in [-0.2, 0) is 11.3 Å². The SMILES string of the molecule is CN1CCN(c2ccc(CNC(=O)CC3(CN)CCCCC3)cn2)CC1. The number of nitrogens with one attached hydrogen (secondary N) is 1. The summed E-state index contributed by atoms with van der Waals surface area (Å²) in [5.41, 5.74) is 7.06. The van der Waals surface area contributed by atoms with Gasteiger partial charge in [0.1, 0.15) is 5.82 Å². The summed E-state index contributed by atoms with van der Waals surface area (Å²) in [7, 11) is 2.15. The van der Waals surface area contributed by atoms with Gasteiger partial charge in [0.05, 0.1) is 0 Å². The van der Waals surface area contributed by atoms with Crippen LogP contribution in [0.1, 0.15) is 44.1 Å². The molecule has 2 aliphatic rings. The Balaban J connectivity index is 1.47. The zero-order valence-electron chi connectivity index (χ0n) is 16.0. The molecule has 1 saturated heterocycles. The number of carbonyl (C=O) groups excluding carboxylic acids is 1. The number of pyridine rings is 1. The summed E-state index contributed by atoms with van der Waals surface area (Å²) >= 11 is 0. The molecule has 2 heterocycles. The molecular formula is C20H33N5O. The fourth-order valence-corrected chi connectivity index (χ4v) is 4.10. The Kier molecular flexibility index (Phi) is 6.48. The Morgan fingerprint density at radius 2 is 1.92 bits per heavy atom. The molecule has 0 atom stereocenters. The van der Waals surface area contributed by atoms with Crippen molar-refractivity contribution < 1.29 is 4.79 Å². The monoisotopic (exact) mass is 359 g/mol. The van der Waals surface area contributed by atoms with Crippen molar-refractivity contribution in [2.45, 2.75) is 45.1 Å². The molecule has 6 nitrogen and oxygen atoms in total. The summed E-state index contributed by atoms with van der Waals surface area (Å²) in [6, 6.07) is 4.13. The molecule has 1 amide bonds. The van der Waals surface area contributed by atoms with Crippen LogP contribution in [0.4, 0.5) is 5.82 Å². The van der Waals surface area contributed by atoms with Crippen LogP contribution in [0.2, 0.25) is 0 Å². The van der Waals surface area contributed by atoms with Gasteiger partial charge in [-0.2, -0.15) is 0 Å². The highest BCUT2D eigenvalue weighted by molar-refractivity contribution is 5.76. The van der Waals surface area contributed by atoms with Gasteiger partial charge in [-0.05, 0) is 43.5 Å². The van der Waals surface area contributed by atoms with Crippen molar-refractivity contribution in [3.8, 4) is 0 Å². The summed E-state index contributed by atoms with van der Waals surface area (Å²) in [6.07, 6.45) is 8.26. The van der Waals surface area contributed by atoms with Crippen LogP contribution < -0.4 is 16.0 Å². The van der Waals surface area contributed by atoms with Crippen molar-refractivity contribution in [2.75, 3.05) is 44.7 Å². The highest BCUT2D eigenvalue weighted by atomic mass is 16.1. The lowest BCUT2D eigenvalue weighted by molar-refractivity contribution is -0.124. The van der Waals surface area contributed by atoms with Gasteiger partial charge >= 0.3 is 0 Å². The van der Waals surface area contributed by atoms with Gasteiger partial charge in [-0.3, -0.25) is 4.79 Å². The van der Waals surface area contributed by atoms with E-state index in [4.69, 9.17) is 5.73 Å². The van der Waals surface area contributed by atoms with Crippen molar-refractivity contribution in [3.63, 3.8) is 0 Å². The Hall–Kier alpha value is -1.66. The van der Waals surface area contributed by atoms with Crippen molar-refractivity contribution in [3.05, 3.63) is 23.9 Å². The van der Waals surface area contributed by atoms with Crippen LogP contribution in [0.15, 0.2) is 18.3 Å². The number of carbonyl (C=O) groups is 1.